The van der Waals surface area contributed by atoms with Crippen LogP contribution in [0, 0.1) is 0 Å². The summed E-state index contributed by atoms with van der Waals surface area (Å²) in [6.07, 6.45) is 2.63. The summed E-state index contributed by atoms with van der Waals surface area (Å²) in [5.41, 5.74) is -0.201. The van der Waals surface area contributed by atoms with Crippen LogP contribution in [0.15, 0.2) is 12.7 Å². The molecule has 16 heavy (non-hydrogen) atoms. The predicted octanol–water partition coefficient (Wildman–Crippen LogP) is 1.77. The van der Waals surface area contributed by atoms with Crippen molar-refractivity contribution in [1.82, 2.24) is 10.2 Å². The summed E-state index contributed by atoms with van der Waals surface area (Å²) in [5, 5.41) is 2.87. The second-order valence-electron chi connectivity index (χ2n) is 4.55. The van der Waals surface area contributed by atoms with Gasteiger partial charge in [0.05, 0.1) is 18.8 Å². The molecule has 92 valence electrons. The van der Waals surface area contributed by atoms with Crippen LogP contribution in [-0.2, 0) is 4.74 Å². The molecule has 1 N–H and O–H groups in total. The van der Waals surface area contributed by atoms with Gasteiger partial charge in [-0.05, 0) is 20.3 Å². The lowest BCUT2D eigenvalue weighted by Gasteiger charge is -2.40. The maximum Gasteiger partial charge on any atom is 0.318 e. The van der Waals surface area contributed by atoms with E-state index < -0.39 is 0 Å². The summed E-state index contributed by atoms with van der Waals surface area (Å²) in [7, 11) is 0. The largest absolute Gasteiger partial charge is 0.372 e. The van der Waals surface area contributed by atoms with Crippen LogP contribution in [0.25, 0.3) is 0 Å². The van der Waals surface area contributed by atoms with Crippen molar-refractivity contribution in [2.75, 3.05) is 19.7 Å². The summed E-state index contributed by atoms with van der Waals surface area (Å²) < 4.78 is 5.68. The highest BCUT2D eigenvalue weighted by Crippen LogP contribution is 2.20. The van der Waals surface area contributed by atoms with E-state index >= 15 is 0 Å². The lowest BCUT2D eigenvalue weighted by atomic mass is 10.0. The number of amides is 2. The van der Waals surface area contributed by atoms with Gasteiger partial charge < -0.3 is 15.0 Å². The average Bonchev–Trinajstić information content (AvgIpc) is 2.29. The Hall–Kier alpha value is -1.03. The van der Waals surface area contributed by atoms with E-state index in [9.17, 15) is 4.79 Å². The molecule has 4 nitrogen and oxygen atoms in total. The first-order valence-corrected chi connectivity index (χ1v) is 5.82. The number of rotatable bonds is 3. The molecule has 1 saturated heterocycles. The summed E-state index contributed by atoms with van der Waals surface area (Å²) >= 11 is 0. The molecule has 1 fully saturated rings. The number of hydrogen-bond donors (Lipinski definition) is 1. The SMILES string of the molecule is C=CC(C)NC(=O)N1CCOC(C)(CC)C1. The minimum absolute atomic E-state index is 0.00299. The van der Waals surface area contributed by atoms with Crippen LogP contribution in [0.5, 0.6) is 0 Å². The quantitative estimate of drug-likeness (QED) is 0.745. The zero-order chi connectivity index (χ0) is 12.2. The first-order valence-electron chi connectivity index (χ1n) is 5.82. The van der Waals surface area contributed by atoms with E-state index in [0.717, 1.165) is 6.42 Å². The van der Waals surface area contributed by atoms with E-state index in [1.807, 2.05) is 18.7 Å². The number of nitrogens with zero attached hydrogens (tertiary/aromatic N) is 1. The lowest BCUT2D eigenvalue weighted by molar-refractivity contribution is -0.0873. The predicted molar refractivity (Wildman–Crippen MR) is 64.4 cm³/mol. The molecule has 2 atom stereocenters. The number of ether oxygens (including phenoxy) is 1. The maximum atomic E-state index is 11.9. The lowest BCUT2D eigenvalue weighted by Crippen LogP contribution is -2.55. The fraction of sp³-hybridized carbons (Fsp3) is 0.750. The molecule has 1 rings (SSSR count). The van der Waals surface area contributed by atoms with Crippen molar-refractivity contribution in [3.63, 3.8) is 0 Å². The van der Waals surface area contributed by atoms with Crippen LogP contribution in [0.1, 0.15) is 27.2 Å². The van der Waals surface area contributed by atoms with Crippen LogP contribution in [0.2, 0.25) is 0 Å². The van der Waals surface area contributed by atoms with Crippen LogP contribution >= 0.6 is 0 Å². The fourth-order valence-electron chi connectivity index (χ4n) is 1.66. The van der Waals surface area contributed by atoms with Crippen LogP contribution in [0.4, 0.5) is 4.79 Å². The molecule has 0 bridgehead atoms. The van der Waals surface area contributed by atoms with E-state index in [4.69, 9.17) is 4.74 Å². The van der Waals surface area contributed by atoms with Crippen LogP contribution in [0.3, 0.4) is 0 Å². The van der Waals surface area contributed by atoms with Gasteiger partial charge in [-0.1, -0.05) is 13.0 Å². The molecule has 1 aliphatic heterocycles. The van der Waals surface area contributed by atoms with E-state index in [2.05, 4.69) is 18.8 Å². The van der Waals surface area contributed by atoms with Gasteiger partial charge in [-0.3, -0.25) is 0 Å². The summed E-state index contributed by atoms with van der Waals surface area (Å²) in [6, 6.07) is -0.0291. The standard InChI is InChI=1S/C12H22N2O2/c1-5-10(3)13-11(15)14-7-8-16-12(4,6-2)9-14/h5,10H,1,6-9H2,2-4H3,(H,13,15). The van der Waals surface area contributed by atoms with Gasteiger partial charge in [-0.15, -0.1) is 6.58 Å². The molecular formula is C12H22N2O2. The average molecular weight is 226 g/mol. The zero-order valence-corrected chi connectivity index (χ0v) is 10.5. The Labute approximate surface area is 97.6 Å². The number of carbonyl (C=O) groups excluding carboxylic acids is 1. The summed E-state index contributed by atoms with van der Waals surface area (Å²) in [4.78, 5) is 13.7. The maximum absolute atomic E-state index is 11.9. The summed E-state index contributed by atoms with van der Waals surface area (Å²) in [6.45, 7) is 11.6. The minimum atomic E-state index is -0.201. The number of morpholine rings is 1. The number of urea groups is 1. The third kappa shape index (κ3) is 3.23. The van der Waals surface area contributed by atoms with Crippen LogP contribution < -0.4 is 5.32 Å². The highest BCUT2D eigenvalue weighted by molar-refractivity contribution is 5.74. The van der Waals surface area contributed by atoms with Crippen molar-refractivity contribution in [3.8, 4) is 0 Å². The Morgan fingerprint density at radius 1 is 1.75 bits per heavy atom. The van der Waals surface area contributed by atoms with Gasteiger partial charge in [0, 0.05) is 12.6 Å². The van der Waals surface area contributed by atoms with Crippen LogP contribution in [-0.4, -0.2) is 42.3 Å². The Kier molecular flexibility index (Phi) is 4.35. The molecule has 4 heteroatoms. The molecule has 1 heterocycles. The minimum Gasteiger partial charge on any atom is -0.372 e. The molecule has 0 aromatic heterocycles. The molecule has 0 spiro atoms. The topological polar surface area (TPSA) is 41.6 Å². The van der Waals surface area contributed by atoms with E-state index in [1.165, 1.54) is 0 Å². The Balaban J connectivity index is 2.53. The van der Waals surface area contributed by atoms with Gasteiger partial charge >= 0.3 is 6.03 Å². The second kappa shape index (κ2) is 5.34. The zero-order valence-electron chi connectivity index (χ0n) is 10.5. The fourth-order valence-corrected chi connectivity index (χ4v) is 1.66. The smallest absolute Gasteiger partial charge is 0.318 e. The normalized spacial score (nSPS) is 27.3. The third-order valence-electron chi connectivity index (χ3n) is 3.08. The van der Waals surface area contributed by atoms with Gasteiger partial charge in [-0.2, -0.15) is 0 Å². The van der Waals surface area contributed by atoms with Crippen molar-refractivity contribution in [2.45, 2.75) is 38.8 Å². The van der Waals surface area contributed by atoms with E-state index in [1.54, 1.807) is 6.08 Å². The van der Waals surface area contributed by atoms with Crippen molar-refractivity contribution in [1.29, 1.82) is 0 Å². The van der Waals surface area contributed by atoms with Gasteiger partial charge in [0.25, 0.3) is 0 Å². The molecule has 2 amide bonds. The second-order valence-corrected chi connectivity index (χ2v) is 4.55. The molecule has 0 aliphatic carbocycles. The third-order valence-corrected chi connectivity index (χ3v) is 3.08. The Bertz CT molecular complexity index is 268. The number of nitrogens with one attached hydrogen (secondary N) is 1. The number of hydrogen-bond acceptors (Lipinski definition) is 2. The van der Waals surface area contributed by atoms with Gasteiger partial charge in [0.1, 0.15) is 0 Å². The molecular weight excluding hydrogens is 204 g/mol. The summed E-state index contributed by atoms with van der Waals surface area (Å²) in [5.74, 6) is 0. The Morgan fingerprint density at radius 2 is 2.44 bits per heavy atom. The number of carbonyl (C=O) groups is 1. The first-order chi connectivity index (χ1) is 7.50. The highest BCUT2D eigenvalue weighted by atomic mass is 16.5. The van der Waals surface area contributed by atoms with E-state index in [0.29, 0.717) is 19.7 Å². The van der Waals surface area contributed by atoms with Crippen molar-refractivity contribution < 1.29 is 9.53 Å². The molecule has 0 aromatic carbocycles. The molecule has 0 saturated carbocycles. The van der Waals surface area contributed by atoms with E-state index in [-0.39, 0.29) is 17.7 Å². The molecule has 1 aliphatic rings. The molecule has 0 radical (unpaired) electrons. The van der Waals surface area contributed by atoms with Gasteiger partial charge in [0.15, 0.2) is 0 Å². The van der Waals surface area contributed by atoms with Crippen molar-refractivity contribution in [3.05, 3.63) is 12.7 Å². The monoisotopic (exact) mass is 226 g/mol. The van der Waals surface area contributed by atoms with Gasteiger partial charge in [-0.25, -0.2) is 4.79 Å². The molecule has 2 unspecified atom stereocenters. The first kappa shape index (κ1) is 13.0. The van der Waals surface area contributed by atoms with Gasteiger partial charge in [0.2, 0.25) is 0 Å². The van der Waals surface area contributed by atoms with Crippen molar-refractivity contribution >= 4 is 6.03 Å². The Morgan fingerprint density at radius 3 is 3.00 bits per heavy atom. The molecule has 0 aromatic rings. The highest BCUT2D eigenvalue weighted by Gasteiger charge is 2.32. The van der Waals surface area contributed by atoms with Crippen molar-refractivity contribution in [2.24, 2.45) is 0 Å².